The van der Waals surface area contributed by atoms with E-state index in [1.54, 1.807) is 23.5 Å². The van der Waals surface area contributed by atoms with Crippen molar-refractivity contribution in [2.45, 2.75) is 9.79 Å². The second-order valence-corrected chi connectivity index (χ2v) is 6.48. The summed E-state index contributed by atoms with van der Waals surface area (Å²) in [5.74, 6) is 0. The van der Waals surface area contributed by atoms with E-state index in [-0.39, 0.29) is 0 Å². The van der Waals surface area contributed by atoms with Gasteiger partial charge in [-0.1, -0.05) is 34.1 Å². The highest BCUT2D eigenvalue weighted by Crippen LogP contribution is 2.22. The van der Waals surface area contributed by atoms with Gasteiger partial charge in [-0.25, -0.2) is 0 Å². The van der Waals surface area contributed by atoms with E-state index in [0.29, 0.717) is 0 Å². The molecule has 0 unspecified atom stereocenters. The summed E-state index contributed by atoms with van der Waals surface area (Å²) in [5, 5.41) is 0. The van der Waals surface area contributed by atoms with E-state index in [1.807, 2.05) is 55.0 Å². The second-order valence-electron chi connectivity index (χ2n) is 3.86. The molecule has 2 aromatic carbocycles. The zero-order valence-corrected chi connectivity index (χ0v) is 14.9. The molecule has 0 amide bonds. The number of carbonyl (C=O) groups is 2. The molecule has 0 spiro atoms. The third kappa shape index (κ3) is 5.69. The summed E-state index contributed by atoms with van der Waals surface area (Å²) in [4.78, 5) is 22.9. The molecule has 0 heterocycles. The number of thioether (sulfide) groups is 2. The molecule has 0 N–H and O–H groups in total. The molecule has 0 aliphatic carbocycles. The van der Waals surface area contributed by atoms with Crippen LogP contribution in [0.5, 0.6) is 0 Å². The average molecular weight is 383 g/mol. The number of aldehydes is 2. The van der Waals surface area contributed by atoms with Gasteiger partial charge in [0.05, 0.1) is 0 Å². The molecule has 0 aliphatic heterocycles. The van der Waals surface area contributed by atoms with Crippen LogP contribution < -0.4 is 0 Å². The molecule has 110 valence electrons. The highest BCUT2D eigenvalue weighted by Gasteiger charge is 1.99. The molecular weight excluding hydrogens is 368 g/mol. The summed E-state index contributed by atoms with van der Waals surface area (Å²) in [5.41, 5.74) is 1.52. The Balaban J connectivity index is 0.000000211. The summed E-state index contributed by atoms with van der Waals surface area (Å²) in [7, 11) is 0. The third-order valence-corrected chi connectivity index (χ3v) is 4.70. The third-order valence-electron chi connectivity index (χ3n) is 2.58. The Bertz CT molecular complexity index is 615. The first-order chi connectivity index (χ1) is 10.2. The Labute approximate surface area is 141 Å². The Morgan fingerprint density at radius 3 is 1.95 bits per heavy atom. The van der Waals surface area contributed by atoms with Crippen molar-refractivity contribution in [3.63, 3.8) is 0 Å². The van der Waals surface area contributed by atoms with Crippen molar-refractivity contribution in [3.05, 3.63) is 58.1 Å². The van der Waals surface area contributed by atoms with Gasteiger partial charge in [-0.3, -0.25) is 9.59 Å². The first kappa shape index (κ1) is 18.0. The minimum Gasteiger partial charge on any atom is -0.298 e. The monoisotopic (exact) mass is 382 g/mol. The minimum absolute atomic E-state index is 0.742. The molecule has 2 nitrogen and oxygen atoms in total. The lowest BCUT2D eigenvalue weighted by Crippen LogP contribution is -1.83. The van der Waals surface area contributed by atoms with Gasteiger partial charge in [-0.2, -0.15) is 0 Å². The van der Waals surface area contributed by atoms with Crippen LogP contribution in [-0.4, -0.2) is 25.1 Å². The molecular formula is C16H15BrO2S2. The summed E-state index contributed by atoms with van der Waals surface area (Å²) < 4.78 is 0.942. The molecule has 21 heavy (non-hydrogen) atoms. The molecule has 5 heteroatoms. The van der Waals surface area contributed by atoms with Gasteiger partial charge in [0.1, 0.15) is 0 Å². The average Bonchev–Trinajstić information content (AvgIpc) is 2.55. The van der Waals surface area contributed by atoms with E-state index in [1.165, 1.54) is 0 Å². The van der Waals surface area contributed by atoms with E-state index in [2.05, 4.69) is 15.9 Å². The van der Waals surface area contributed by atoms with Gasteiger partial charge >= 0.3 is 0 Å². The van der Waals surface area contributed by atoms with E-state index in [9.17, 15) is 9.59 Å². The highest BCUT2D eigenvalue weighted by atomic mass is 79.9. The van der Waals surface area contributed by atoms with Crippen molar-refractivity contribution < 1.29 is 9.59 Å². The smallest absolute Gasteiger partial charge is 0.151 e. The Morgan fingerprint density at radius 1 is 0.857 bits per heavy atom. The fraction of sp³-hybridized carbons (Fsp3) is 0.125. The van der Waals surface area contributed by atoms with Crippen LogP contribution in [0.1, 0.15) is 20.7 Å². The Kier molecular flexibility index (Phi) is 8.42. The maximum atomic E-state index is 10.5. The van der Waals surface area contributed by atoms with Gasteiger partial charge in [0.25, 0.3) is 0 Å². The van der Waals surface area contributed by atoms with E-state index in [4.69, 9.17) is 0 Å². The van der Waals surface area contributed by atoms with Crippen LogP contribution in [0.2, 0.25) is 0 Å². The molecule has 0 saturated heterocycles. The molecule has 0 aliphatic rings. The first-order valence-corrected chi connectivity index (χ1v) is 9.27. The predicted molar refractivity (Wildman–Crippen MR) is 94.9 cm³/mol. The highest BCUT2D eigenvalue weighted by molar-refractivity contribution is 9.10. The maximum Gasteiger partial charge on any atom is 0.151 e. The Hall–Kier alpha value is -1.04. The molecule has 2 rings (SSSR count). The summed E-state index contributed by atoms with van der Waals surface area (Å²) >= 11 is 6.46. The van der Waals surface area contributed by atoms with Crippen molar-refractivity contribution >= 4 is 52.0 Å². The van der Waals surface area contributed by atoms with Crippen LogP contribution in [0.3, 0.4) is 0 Å². The standard InChI is InChI=1S/C8H7BrOS.C8H8OS/c1-11-8-3-2-7(9)4-6(8)5-10;1-10-8-5-3-2-4-7(8)6-9/h2-5H,1H3;2-6H,1H3. The van der Waals surface area contributed by atoms with E-state index in [0.717, 1.165) is 38.0 Å². The normalized spacial score (nSPS) is 9.48. The van der Waals surface area contributed by atoms with Crippen molar-refractivity contribution in [2.24, 2.45) is 0 Å². The van der Waals surface area contributed by atoms with Crippen LogP contribution in [-0.2, 0) is 0 Å². The molecule has 0 saturated carbocycles. The largest absolute Gasteiger partial charge is 0.298 e. The number of carbonyl (C=O) groups excluding carboxylic acids is 2. The van der Waals surface area contributed by atoms with Crippen LogP contribution in [0.15, 0.2) is 56.7 Å². The lowest BCUT2D eigenvalue weighted by molar-refractivity contribution is 0.111. The quantitative estimate of drug-likeness (QED) is 0.537. The van der Waals surface area contributed by atoms with Crippen molar-refractivity contribution in [1.82, 2.24) is 0 Å². The molecule has 2 aromatic rings. The van der Waals surface area contributed by atoms with Crippen molar-refractivity contribution in [2.75, 3.05) is 12.5 Å². The zero-order chi connectivity index (χ0) is 15.7. The van der Waals surface area contributed by atoms with Crippen LogP contribution in [0.4, 0.5) is 0 Å². The van der Waals surface area contributed by atoms with Gasteiger partial charge in [-0.15, -0.1) is 23.5 Å². The zero-order valence-electron chi connectivity index (χ0n) is 11.7. The van der Waals surface area contributed by atoms with Crippen molar-refractivity contribution in [3.8, 4) is 0 Å². The number of benzene rings is 2. The fourth-order valence-corrected chi connectivity index (χ4v) is 3.05. The molecule has 0 bridgehead atoms. The maximum absolute atomic E-state index is 10.5. The van der Waals surface area contributed by atoms with Gasteiger partial charge in [0.2, 0.25) is 0 Å². The lowest BCUT2D eigenvalue weighted by Gasteiger charge is -1.99. The molecule has 0 atom stereocenters. The SMILES string of the molecule is CSc1ccc(Br)cc1C=O.CSc1ccccc1C=O. The number of hydrogen-bond acceptors (Lipinski definition) is 4. The lowest BCUT2D eigenvalue weighted by atomic mass is 10.2. The Morgan fingerprint density at radius 2 is 1.43 bits per heavy atom. The number of halogens is 1. The number of rotatable bonds is 4. The summed E-state index contributed by atoms with van der Waals surface area (Å²) in [6, 6.07) is 13.2. The summed E-state index contributed by atoms with van der Waals surface area (Å²) in [6.07, 6.45) is 5.67. The summed E-state index contributed by atoms with van der Waals surface area (Å²) in [6.45, 7) is 0. The molecule has 0 aromatic heterocycles. The second kappa shape index (κ2) is 9.82. The minimum atomic E-state index is 0.742. The fourth-order valence-electron chi connectivity index (χ4n) is 1.56. The predicted octanol–water partition coefficient (Wildman–Crippen LogP) is 5.20. The number of hydrogen-bond donors (Lipinski definition) is 0. The van der Waals surface area contributed by atoms with Crippen LogP contribution in [0, 0.1) is 0 Å². The topological polar surface area (TPSA) is 34.1 Å². The van der Waals surface area contributed by atoms with Gasteiger partial charge in [0, 0.05) is 25.4 Å². The first-order valence-electron chi connectivity index (χ1n) is 6.03. The molecule has 0 radical (unpaired) electrons. The van der Waals surface area contributed by atoms with Crippen LogP contribution >= 0.6 is 39.5 Å². The van der Waals surface area contributed by atoms with Gasteiger partial charge in [0.15, 0.2) is 12.6 Å². The van der Waals surface area contributed by atoms with Gasteiger partial charge in [-0.05, 0) is 36.8 Å². The van der Waals surface area contributed by atoms with Gasteiger partial charge < -0.3 is 0 Å². The van der Waals surface area contributed by atoms with E-state index < -0.39 is 0 Å². The van der Waals surface area contributed by atoms with E-state index >= 15 is 0 Å². The molecule has 0 fully saturated rings. The van der Waals surface area contributed by atoms with Crippen LogP contribution in [0.25, 0.3) is 0 Å². The van der Waals surface area contributed by atoms with Crippen molar-refractivity contribution in [1.29, 1.82) is 0 Å².